The summed E-state index contributed by atoms with van der Waals surface area (Å²) in [5.41, 5.74) is 0.870. The fraction of sp³-hybridized carbons (Fsp3) is 0.565. The molecule has 1 N–H and O–H groups in total. The van der Waals surface area contributed by atoms with Gasteiger partial charge in [-0.2, -0.15) is 13.2 Å². The summed E-state index contributed by atoms with van der Waals surface area (Å²) in [6.45, 7) is 1.46. The molecule has 0 saturated carbocycles. The first-order valence-corrected chi connectivity index (χ1v) is 10.7. The van der Waals surface area contributed by atoms with Crippen LogP contribution in [0.15, 0.2) is 35.9 Å². The summed E-state index contributed by atoms with van der Waals surface area (Å²) in [4.78, 5) is 26.7. The molecule has 0 spiro atoms. The number of likely N-dealkylation sites (tertiary alicyclic amines) is 1. The SMILES string of the molecule is O=C(CC[C@H]1CCCN(C(=O)CC2=CCCCC2)C1)Nc1ccc(C(F)(F)F)cc1. The number of alkyl halides is 3. The van der Waals surface area contributed by atoms with E-state index < -0.39 is 11.7 Å². The Morgan fingerprint density at radius 1 is 1.10 bits per heavy atom. The van der Waals surface area contributed by atoms with E-state index in [1.54, 1.807) is 0 Å². The fourth-order valence-electron chi connectivity index (χ4n) is 4.20. The molecular formula is C23H29F3N2O2. The second kappa shape index (κ2) is 10.1. The molecule has 0 unspecified atom stereocenters. The molecule has 1 aromatic rings. The first-order valence-electron chi connectivity index (χ1n) is 10.7. The minimum Gasteiger partial charge on any atom is -0.342 e. The van der Waals surface area contributed by atoms with Gasteiger partial charge in [0, 0.05) is 31.6 Å². The van der Waals surface area contributed by atoms with Crippen molar-refractivity contribution in [3.05, 3.63) is 41.5 Å². The average Bonchev–Trinajstić information content (AvgIpc) is 2.73. The normalized spacial score (nSPS) is 19.9. The van der Waals surface area contributed by atoms with Crippen LogP contribution in [-0.2, 0) is 15.8 Å². The number of amides is 2. The van der Waals surface area contributed by atoms with Gasteiger partial charge in [-0.25, -0.2) is 0 Å². The summed E-state index contributed by atoms with van der Waals surface area (Å²) in [5, 5.41) is 2.65. The van der Waals surface area contributed by atoms with E-state index in [0.717, 1.165) is 50.8 Å². The second-order valence-corrected chi connectivity index (χ2v) is 8.29. The molecule has 3 rings (SSSR count). The highest BCUT2D eigenvalue weighted by molar-refractivity contribution is 5.90. The molecule has 30 heavy (non-hydrogen) atoms. The number of benzene rings is 1. The van der Waals surface area contributed by atoms with Crippen LogP contribution in [0.5, 0.6) is 0 Å². The lowest BCUT2D eigenvalue weighted by Crippen LogP contribution is -2.40. The van der Waals surface area contributed by atoms with Crippen LogP contribution in [0.3, 0.4) is 0 Å². The number of hydrogen-bond donors (Lipinski definition) is 1. The summed E-state index contributed by atoms with van der Waals surface area (Å²) in [7, 11) is 0. The number of carbonyl (C=O) groups is 2. The van der Waals surface area contributed by atoms with Gasteiger partial charge in [-0.3, -0.25) is 9.59 Å². The first-order chi connectivity index (χ1) is 14.3. The van der Waals surface area contributed by atoms with Crippen LogP contribution < -0.4 is 5.32 Å². The quantitative estimate of drug-likeness (QED) is 0.611. The molecule has 1 saturated heterocycles. The van der Waals surface area contributed by atoms with Crippen LogP contribution in [0, 0.1) is 5.92 Å². The molecule has 7 heteroatoms. The molecule has 1 aliphatic carbocycles. The molecule has 4 nitrogen and oxygen atoms in total. The van der Waals surface area contributed by atoms with E-state index in [0.29, 0.717) is 31.5 Å². The van der Waals surface area contributed by atoms with Crippen LogP contribution in [-0.4, -0.2) is 29.8 Å². The largest absolute Gasteiger partial charge is 0.416 e. The standard InChI is InChI=1S/C23H29F3N2O2/c24-23(25,26)19-9-11-20(12-10-19)27-21(29)13-8-18-7-4-14-28(16-18)22(30)15-17-5-2-1-3-6-17/h5,9-12,18H,1-4,6-8,13-16H2,(H,27,29)/t18-/m1/s1. The van der Waals surface area contributed by atoms with E-state index >= 15 is 0 Å². The van der Waals surface area contributed by atoms with Crippen molar-refractivity contribution in [3.63, 3.8) is 0 Å². The van der Waals surface area contributed by atoms with Gasteiger partial charge in [-0.05, 0) is 75.1 Å². The maximum Gasteiger partial charge on any atom is 0.416 e. The Balaban J connectivity index is 1.43. The minimum atomic E-state index is -4.39. The van der Waals surface area contributed by atoms with Gasteiger partial charge in [-0.15, -0.1) is 0 Å². The molecule has 164 valence electrons. The second-order valence-electron chi connectivity index (χ2n) is 8.29. The van der Waals surface area contributed by atoms with Crippen molar-refractivity contribution in [1.29, 1.82) is 0 Å². The van der Waals surface area contributed by atoms with Crippen LogP contribution in [0.1, 0.15) is 63.4 Å². The number of nitrogens with zero attached hydrogens (tertiary/aromatic N) is 1. The van der Waals surface area contributed by atoms with Gasteiger partial charge in [-0.1, -0.05) is 11.6 Å². The van der Waals surface area contributed by atoms with Gasteiger partial charge < -0.3 is 10.2 Å². The first kappa shape index (κ1) is 22.4. The molecule has 2 amide bonds. The van der Waals surface area contributed by atoms with Crippen molar-refractivity contribution >= 4 is 17.5 Å². The van der Waals surface area contributed by atoms with E-state index in [-0.39, 0.29) is 17.7 Å². The summed E-state index contributed by atoms with van der Waals surface area (Å²) < 4.78 is 37.8. The molecule has 1 aliphatic heterocycles. The van der Waals surface area contributed by atoms with Gasteiger partial charge in [0.05, 0.1) is 5.56 Å². The van der Waals surface area contributed by atoms with Gasteiger partial charge in [0.15, 0.2) is 0 Å². The molecule has 2 aliphatic rings. The lowest BCUT2D eigenvalue weighted by Gasteiger charge is -2.33. The van der Waals surface area contributed by atoms with Gasteiger partial charge in [0.2, 0.25) is 11.8 Å². The van der Waals surface area contributed by atoms with E-state index in [9.17, 15) is 22.8 Å². The predicted octanol–water partition coefficient (Wildman–Crippen LogP) is 5.55. The smallest absolute Gasteiger partial charge is 0.342 e. The number of anilines is 1. The van der Waals surface area contributed by atoms with Crippen molar-refractivity contribution in [1.82, 2.24) is 4.90 Å². The van der Waals surface area contributed by atoms with E-state index in [1.807, 2.05) is 4.90 Å². The number of halogens is 3. The van der Waals surface area contributed by atoms with Crippen LogP contribution in [0.2, 0.25) is 0 Å². The molecule has 1 fully saturated rings. The number of piperidine rings is 1. The highest BCUT2D eigenvalue weighted by atomic mass is 19.4. The number of carbonyl (C=O) groups excluding carboxylic acids is 2. The molecule has 1 atom stereocenters. The predicted molar refractivity (Wildman–Crippen MR) is 110 cm³/mol. The maximum atomic E-state index is 12.6. The summed E-state index contributed by atoms with van der Waals surface area (Å²) in [6.07, 6.45) is 5.67. The van der Waals surface area contributed by atoms with Crippen molar-refractivity contribution in [2.45, 2.75) is 64.0 Å². The van der Waals surface area contributed by atoms with Crippen molar-refractivity contribution in [2.24, 2.45) is 5.92 Å². The van der Waals surface area contributed by atoms with Crippen molar-refractivity contribution < 1.29 is 22.8 Å². The zero-order valence-corrected chi connectivity index (χ0v) is 17.1. The zero-order chi connectivity index (χ0) is 21.6. The van der Waals surface area contributed by atoms with Gasteiger partial charge >= 0.3 is 6.18 Å². The third-order valence-electron chi connectivity index (χ3n) is 5.91. The van der Waals surface area contributed by atoms with Crippen LogP contribution in [0.4, 0.5) is 18.9 Å². The fourth-order valence-corrected chi connectivity index (χ4v) is 4.20. The Hall–Kier alpha value is -2.31. The van der Waals surface area contributed by atoms with Crippen molar-refractivity contribution in [3.8, 4) is 0 Å². The van der Waals surface area contributed by atoms with Crippen LogP contribution >= 0.6 is 0 Å². The number of allylic oxidation sites excluding steroid dienone is 1. The average molecular weight is 422 g/mol. The molecule has 0 radical (unpaired) electrons. The third-order valence-corrected chi connectivity index (χ3v) is 5.91. The van der Waals surface area contributed by atoms with E-state index in [4.69, 9.17) is 0 Å². The molecule has 0 aromatic heterocycles. The Morgan fingerprint density at radius 2 is 1.87 bits per heavy atom. The molecule has 0 bridgehead atoms. The van der Waals surface area contributed by atoms with E-state index in [1.165, 1.54) is 24.1 Å². The summed E-state index contributed by atoms with van der Waals surface area (Å²) in [6, 6.07) is 4.45. The number of nitrogens with one attached hydrogen (secondary N) is 1. The third kappa shape index (κ3) is 6.61. The van der Waals surface area contributed by atoms with Gasteiger partial charge in [0.1, 0.15) is 0 Å². The summed E-state index contributed by atoms with van der Waals surface area (Å²) in [5.74, 6) is 0.244. The number of hydrogen-bond acceptors (Lipinski definition) is 2. The molecule has 1 heterocycles. The topological polar surface area (TPSA) is 49.4 Å². The Morgan fingerprint density at radius 3 is 2.53 bits per heavy atom. The lowest BCUT2D eigenvalue weighted by atomic mass is 9.92. The minimum absolute atomic E-state index is 0.182. The van der Waals surface area contributed by atoms with Gasteiger partial charge in [0.25, 0.3) is 0 Å². The van der Waals surface area contributed by atoms with Crippen molar-refractivity contribution in [2.75, 3.05) is 18.4 Å². The molecule has 1 aromatic carbocycles. The lowest BCUT2D eigenvalue weighted by molar-refractivity contribution is -0.137. The Bertz CT molecular complexity index is 772. The van der Waals surface area contributed by atoms with Crippen LogP contribution in [0.25, 0.3) is 0 Å². The highest BCUT2D eigenvalue weighted by Gasteiger charge is 2.30. The highest BCUT2D eigenvalue weighted by Crippen LogP contribution is 2.30. The van der Waals surface area contributed by atoms with E-state index in [2.05, 4.69) is 11.4 Å². The molecular weight excluding hydrogens is 393 g/mol. The maximum absolute atomic E-state index is 12.6. The Kier molecular flexibility index (Phi) is 7.56. The monoisotopic (exact) mass is 422 g/mol. The number of rotatable bonds is 6. The zero-order valence-electron chi connectivity index (χ0n) is 17.1. The summed E-state index contributed by atoms with van der Waals surface area (Å²) >= 11 is 0. The Labute approximate surface area is 175 Å².